The second-order valence-corrected chi connectivity index (χ2v) is 3.26. The van der Waals surface area contributed by atoms with Crippen LogP contribution < -0.4 is 5.32 Å². The lowest BCUT2D eigenvalue weighted by Gasteiger charge is -2.24. The maximum Gasteiger partial charge on any atom is 0.407 e. The van der Waals surface area contributed by atoms with Gasteiger partial charge in [0.15, 0.2) is 0 Å². The van der Waals surface area contributed by atoms with Gasteiger partial charge >= 0.3 is 6.09 Å². The molecule has 1 aliphatic heterocycles. The lowest BCUT2D eigenvalue weighted by molar-refractivity contribution is 0.114. The average Bonchev–Trinajstić information content (AvgIpc) is 2.17. The fraction of sp³-hybridized carbons (Fsp3) is 0.300. The quantitative estimate of drug-likeness (QED) is 0.831. The van der Waals surface area contributed by atoms with Crippen LogP contribution in [0.1, 0.15) is 18.0 Å². The molecule has 88 valence electrons. The van der Waals surface area contributed by atoms with Crippen molar-refractivity contribution in [1.29, 1.82) is 0 Å². The number of alkyl carbamates (subject to hydrolysis) is 1. The minimum Gasteiger partial charge on any atom is -0.449 e. The first kappa shape index (κ1) is 12.7. The lowest BCUT2D eigenvalue weighted by Crippen LogP contribution is -2.36. The van der Waals surface area contributed by atoms with E-state index in [0.29, 0.717) is 6.42 Å². The second kappa shape index (κ2) is 5.12. The minimum atomic E-state index is -0.651. The Morgan fingerprint density at radius 1 is 1.31 bits per heavy atom. The molecular formula is C10H10ClF2NO2. The summed E-state index contributed by atoms with van der Waals surface area (Å²) in [6, 6.07) is 2.97. The van der Waals surface area contributed by atoms with Gasteiger partial charge in [0.05, 0.1) is 12.6 Å². The number of rotatable bonds is 1. The summed E-state index contributed by atoms with van der Waals surface area (Å²) in [5, 5.41) is 2.37. The first-order valence-corrected chi connectivity index (χ1v) is 4.55. The van der Waals surface area contributed by atoms with Gasteiger partial charge in [-0.3, -0.25) is 0 Å². The Balaban J connectivity index is 0.00000128. The molecule has 1 atom stereocenters. The van der Waals surface area contributed by atoms with Crippen molar-refractivity contribution in [3.8, 4) is 0 Å². The molecule has 1 aromatic rings. The van der Waals surface area contributed by atoms with Gasteiger partial charge < -0.3 is 10.1 Å². The molecular weight excluding hydrogens is 240 g/mol. The number of nitrogens with one attached hydrogen (secondary N) is 1. The molecule has 0 aromatic heterocycles. The van der Waals surface area contributed by atoms with Crippen LogP contribution in [-0.4, -0.2) is 12.7 Å². The Hall–Kier alpha value is -1.36. The van der Waals surface area contributed by atoms with E-state index in [-0.39, 0.29) is 24.6 Å². The molecule has 0 aliphatic carbocycles. The van der Waals surface area contributed by atoms with E-state index in [1.54, 1.807) is 0 Å². The first-order valence-electron chi connectivity index (χ1n) is 4.55. The van der Waals surface area contributed by atoms with Crippen LogP contribution in [-0.2, 0) is 4.74 Å². The number of amides is 1. The van der Waals surface area contributed by atoms with Crippen molar-refractivity contribution in [2.24, 2.45) is 0 Å². The van der Waals surface area contributed by atoms with Crippen LogP contribution >= 0.6 is 12.4 Å². The number of hydrogen-bond donors (Lipinski definition) is 1. The second-order valence-electron chi connectivity index (χ2n) is 3.26. The average molecular weight is 250 g/mol. The molecule has 0 spiro atoms. The maximum absolute atomic E-state index is 13.3. The first-order chi connectivity index (χ1) is 7.18. The highest BCUT2D eigenvalue weighted by atomic mass is 35.5. The summed E-state index contributed by atoms with van der Waals surface area (Å²) in [4.78, 5) is 10.9. The van der Waals surface area contributed by atoms with Gasteiger partial charge in [-0.1, -0.05) is 6.07 Å². The summed E-state index contributed by atoms with van der Waals surface area (Å²) in [5.41, 5.74) is -0.103. The van der Waals surface area contributed by atoms with E-state index in [1.807, 2.05) is 0 Å². The molecule has 1 aromatic carbocycles. The normalized spacial score (nSPS) is 19.4. The van der Waals surface area contributed by atoms with E-state index in [0.717, 1.165) is 0 Å². The van der Waals surface area contributed by atoms with Crippen molar-refractivity contribution in [1.82, 2.24) is 5.32 Å². The third-order valence-corrected chi connectivity index (χ3v) is 2.28. The number of halogens is 3. The number of cyclic esters (lactones) is 1. The fourth-order valence-electron chi connectivity index (χ4n) is 1.59. The zero-order valence-electron chi connectivity index (χ0n) is 8.20. The molecule has 0 saturated carbocycles. The fourth-order valence-corrected chi connectivity index (χ4v) is 1.59. The largest absolute Gasteiger partial charge is 0.449 e. The highest BCUT2D eigenvalue weighted by Crippen LogP contribution is 2.25. The smallest absolute Gasteiger partial charge is 0.407 e. The molecule has 0 bridgehead atoms. The molecule has 1 heterocycles. The van der Waals surface area contributed by atoms with Gasteiger partial charge in [-0.2, -0.15) is 0 Å². The molecule has 1 amide bonds. The van der Waals surface area contributed by atoms with E-state index in [9.17, 15) is 13.6 Å². The van der Waals surface area contributed by atoms with E-state index in [4.69, 9.17) is 0 Å². The molecule has 6 heteroatoms. The molecule has 16 heavy (non-hydrogen) atoms. The third kappa shape index (κ3) is 2.41. The van der Waals surface area contributed by atoms with Crippen LogP contribution in [0.3, 0.4) is 0 Å². The maximum atomic E-state index is 13.3. The lowest BCUT2D eigenvalue weighted by atomic mass is 10.0. The van der Waals surface area contributed by atoms with Gasteiger partial charge in [0.2, 0.25) is 0 Å². The van der Waals surface area contributed by atoms with E-state index in [2.05, 4.69) is 10.1 Å². The van der Waals surface area contributed by atoms with E-state index >= 15 is 0 Å². The molecule has 0 radical (unpaired) electrons. The topological polar surface area (TPSA) is 38.3 Å². The SMILES string of the molecule is Cl.O=C1N[C@@H](c2c(F)cccc2F)CCO1. The van der Waals surface area contributed by atoms with Crippen LogP contribution in [0.4, 0.5) is 13.6 Å². The Kier molecular flexibility index (Phi) is 4.06. The summed E-state index contributed by atoms with van der Waals surface area (Å²) in [6.45, 7) is 0.171. The summed E-state index contributed by atoms with van der Waals surface area (Å²) >= 11 is 0. The Morgan fingerprint density at radius 2 is 1.94 bits per heavy atom. The summed E-state index contributed by atoms with van der Waals surface area (Å²) in [6.07, 6.45) is -0.280. The number of hydrogen-bond acceptors (Lipinski definition) is 2. The molecule has 0 unspecified atom stereocenters. The highest BCUT2D eigenvalue weighted by Gasteiger charge is 2.25. The van der Waals surface area contributed by atoms with Crippen LogP contribution in [0.15, 0.2) is 18.2 Å². The number of carbonyl (C=O) groups is 1. The van der Waals surface area contributed by atoms with Crippen LogP contribution in [0.25, 0.3) is 0 Å². The predicted molar refractivity (Wildman–Crippen MR) is 55.4 cm³/mol. The highest BCUT2D eigenvalue weighted by molar-refractivity contribution is 5.85. The van der Waals surface area contributed by atoms with Crippen LogP contribution in [0.2, 0.25) is 0 Å². The molecule has 1 saturated heterocycles. The van der Waals surface area contributed by atoms with Gasteiger partial charge in [0, 0.05) is 12.0 Å². The third-order valence-electron chi connectivity index (χ3n) is 2.28. The van der Waals surface area contributed by atoms with Crippen molar-refractivity contribution in [2.75, 3.05) is 6.61 Å². The van der Waals surface area contributed by atoms with Gasteiger partial charge in [0.25, 0.3) is 0 Å². The predicted octanol–water partition coefficient (Wildman–Crippen LogP) is 2.56. The minimum absolute atomic E-state index is 0. The van der Waals surface area contributed by atoms with Crippen molar-refractivity contribution >= 4 is 18.5 Å². The van der Waals surface area contributed by atoms with Crippen LogP contribution in [0.5, 0.6) is 0 Å². The summed E-state index contributed by atoms with van der Waals surface area (Å²) in [5.74, 6) is -1.30. The van der Waals surface area contributed by atoms with Crippen molar-refractivity contribution in [3.63, 3.8) is 0 Å². The number of benzene rings is 1. The van der Waals surface area contributed by atoms with Crippen molar-refractivity contribution in [2.45, 2.75) is 12.5 Å². The molecule has 1 aliphatic rings. The Bertz CT molecular complexity index is 380. The zero-order valence-corrected chi connectivity index (χ0v) is 9.02. The van der Waals surface area contributed by atoms with Gasteiger partial charge in [-0.25, -0.2) is 13.6 Å². The van der Waals surface area contributed by atoms with E-state index in [1.165, 1.54) is 18.2 Å². The Labute approximate surface area is 97.2 Å². The molecule has 3 nitrogen and oxygen atoms in total. The van der Waals surface area contributed by atoms with Gasteiger partial charge in [0.1, 0.15) is 11.6 Å². The van der Waals surface area contributed by atoms with E-state index < -0.39 is 23.8 Å². The molecule has 1 fully saturated rings. The van der Waals surface area contributed by atoms with Crippen LogP contribution in [0, 0.1) is 11.6 Å². The van der Waals surface area contributed by atoms with Crippen molar-refractivity contribution in [3.05, 3.63) is 35.4 Å². The molecule has 1 N–H and O–H groups in total. The zero-order chi connectivity index (χ0) is 10.8. The molecule has 2 rings (SSSR count). The standard InChI is InChI=1S/C10H9F2NO2.ClH/c11-6-2-1-3-7(12)9(6)8-4-5-15-10(14)13-8;/h1-3,8H,4-5H2,(H,13,14);1H/t8-;/m1./s1. The summed E-state index contributed by atoms with van der Waals surface area (Å²) in [7, 11) is 0. The number of carbonyl (C=O) groups excluding carboxylic acids is 1. The monoisotopic (exact) mass is 249 g/mol. The van der Waals surface area contributed by atoms with Gasteiger partial charge in [-0.15, -0.1) is 12.4 Å². The Morgan fingerprint density at radius 3 is 2.50 bits per heavy atom. The summed E-state index contributed by atoms with van der Waals surface area (Å²) < 4.78 is 31.3. The van der Waals surface area contributed by atoms with Gasteiger partial charge in [-0.05, 0) is 12.1 Å². The number of ether oxygens (including phenoxy) is 1. The van der Waals surface area contributed by atoms with Crippen molar-refractivity contribution < 1.29 is 18.3 Å².